The van der Waals surface area contributed by atoms with Crippen LogP contribution in [0.4, 0.5) is 0 Å². The van der Waals surface area contributed by atoms with Crippen LogP contribution in [0, 0.1) is 0 Å². The molecule has 92 valence electrons. The molecule has 1 aromatic rings. The summed E-state index contributed by atoms with van der Waals surface area (Å²) in [5, 5.41) is 14.8. The molecule has 1 atom stereocenters. The number of aliphatic hydroxyl groups excluding tert-OH is 1. The highest BCUT2D eigenvalue weighted by Crippen LogP contribution is 2.19. The summed E-state index contributed by atoms with van der Waals surface area (Å²) in [6.45, 7) is 5.66. The van der Waals surface area contributed by atoms with Crippen LogP contribution in [0.2, 0.25) is 0 Å². The minimum atomic E-state index is -0.439. The lowest BCUT2D eigenvalue weighted by Gasteiger charge is -2.13. The Morgan fingerprint density at radius 1 is 1.56 bits per heavy atom. The van der Waals surface area contributed by atoms with Gasteiger partial charge in [-0.05, 0) is 35.8 Å². The van der Waals surface area contributed by atoms with Crippen molar-refractivity contribution >= 4 is 27.3 Å². The molecule has 0 spiro atoms. The number of halogens is 1. The zero-order valence-electron chi connectivity index (χ0n) is 9.57. The van der Waals surface area contributed by atoms with Crippen LogP contribution in [-0.2, 0) is 11.3 Å². The van der Waals surface area contributed by atoms with Crippen molar-refractivity contribution in [3.8, 4) is 0 Å². The van der Waals surface area contributed by atoms with E-state index in [1.807, 2.05) is 13.8 Å². The Labute approximate surface area is 109 Å². The number of hydrogen-bond acceptors (Lipinski definition) is 4. The molecule has 2 N–H and O–H groups in total. The van der Waals surface area contributed by atoms with Gasteiger partial charge in [0.05, 0.1) is 18.8 Å². The SMILES string of the molecule is CC(C)OCC(O)CNCc1cc(Br)cs1. The monoisotopic (exact) mass is 307 g/mol. The predicted molar refractivity (Wildman–Crippen MR) is 70.8 cm³/mol. The third kappa shape index (κ3) is 5.96. The minimum Gasteiger partial charge on any atom is -0.389 e. The molecule has 1 rings (SSSR count). The topological polar surface area (TPSA) is 41.5 Å². The van der Waals surface area contributed by atoms with Crippen molar-refractivity contribution in [2.24, 2.45) is 0 Å². The highest BCUT2D eigenvalue weighted by molar-refractivity contribution is 9.10. The van der Waals surface area contributed by atoms with E-state index in [1.165, 1.54) is 4.88 Å². The summed E-state index contributed by atoms with van der Waals surface area (Å²) in [5.41, 5.74) is 0. The van der Waals surface area contributed by atoms with Crippen molar-refractivity contribution in [2.75, 3.05) is 13.2 Å². The third-order valence-electron chi connectivity index (χ3n) is 1.92. The second-order valence-electron chi connectivity index (χ2n) is 3.90. The Hall–Kier alpha value is 0.0600. The Morgan fingerprint density at radius 3 is 2.88 bits per heavy atom. The lowest BCUT2D eigenvalue weighted by atomic mass is 10.3. The lowest BCUT2D eigenvalue weighted by molar-refractivity contribution is 0.00632. The molecule has 0 amide bonds. The van der Waals surface area contributed by atoms with E-state index in [2.05, 4.69) is 32.7 Å². The van der Waals surface area contributed by atoms with Crippen molar-refractivity contribution < 1.29 is 9.84 Å². The predicted octanol–water partition coefficient (Wildman–Crippen LogP) is 2.39. The average molecular weight is 308 g/mol. The summed E-state index contributed by atoms with van der Waals surface area (Å²) >= 11 is 5.10. The summed E-state index contributed by atoms with van der Waals surface area (Å²) in [4.78, 5) is 1.25. The van der Waals surface area contributed by atoms with E-state index in [1.54, 1.807) is 11.3 Å². The van der Waals surface area contributed by atoms with Gasteiger partial charge in [0, 0.05) is 27.8 Å². The second kappa shape index (κ2) is 7.40. The molecule has 0 aliphatic carbocycles. The van der Waals surface area contributed by atoms with E-state index in [9.17, 15) is 5.11 Å². The van der Waals surface area contributed by atoms with Gasteiger partial charge in [0.15, 0.2) is 0 Å². The van der Waals surface area contributed by atoms with Gasteiger partial charge in [0.1, 0.15) is 0 Å². The van der Waals surface area contributed by atoms with Crippen LogP contribution in [-0.4, -0.2) is 30.5 Å². The molecule has 0 aliphatic rings. The van der Waals surface area contributed by atoms with Crippen molar-refractivity contribution in [1.82, 2.24) is 5.32 Å². The average Bonchev–Trinajstić information content (AvgIpc) is 2.61. The third-order valence-corrected chi connectivity index (χ3v) is 3.62. The van der Waals surface area contributed by atoms with Gasteiger partial charge in [0.25, 0.3) is 0 Å². The molecule has 1 unspecified atom stereocenters. The summed E-state index contributed by atoms with van der Waals surface area (Å²) in [7, 11) is 0. The van der Waals surface area contributed by atoms with E-state index < -0.39 is 6.10 Å². The molecule has 0 saturated heterocycles. The molecule has 5 heteroatoms. The first-order valence-corrected chi connectivity index (χ1v) is 6.98. The van der Waals surface area contributed by atoms with E-state index >= 15 is 0 Å². The van der Waals surface area contributed by atoms with Gasteiger partial charge >= 0.3 is 0 Å². The van der Waals surface area contributed by atoms with Gasteiger partial charge in [-0.15, -0.1) is 11.3 Å². The first-order valence-electron chi connectivity index (χ1n) is 5.31. The number of thiophene rings is 1. The van der Waals surface area contributed by atoms with Gasteiger partial charge in [-0.25, -0.2) is 0 Å². The maximum absolute atomic E-state index is 9.59. The largest absolute Gasteiger partial charge is 0.389 e. The fraction of sp³-hybridized carbons (Fsp3) is 0.636. The minimum absolute atomic E-state index is 0.169. The van der Waals surface area contributed by atoms with Crippen molar-refractivity contribution in [3.05, 3.63) is 20.8 Å². The highest BCUT2D eigenvalue weighted by atomic mass is 79.9. The maximum atomic E-state index is 9.59. The Morgan fingerprint density at radius 2 is 2.31 bits per heavy atom. The molecule has 3 nitrogen and oxygen atoms in total. The van der Waals surface area contributed by atoms with Gasteiger partial charge in [0.2, 0.25) is 0 Å². The van der Waals surface area contributed by atoms with Crippen LogP contribution in [0.1, 0.15) is 18.7 Å². The fourth-order valence-corrected chi connectivity index (χ4v) is 2.59. The molecule has 16 heavy (non-hydrogen) atoms. The first kappa shape index (κ1) is 14.1. The summed E-state index contributed by atoms with van der Waals surface area (Å²) in [6, 6.07) is 2.08. The number of ether oxygens (including phenoxy) is 1. The van der Waals surface area contributed by atoms with Gasteiger partial charge in [-0.2, -0.15) is 0 Å². The second-order valence-corrected chi connectivity index (χ2v) is 5.81. The zero-order valence-corrected chi connectivity index (χ0v) is 12.0. The molecular weight excluding hydrogens is 290 g/mol. The maximum Gasteiger partial charge on any atom is 0.0897 e. The molecule has 0 aliphatic heterocycles. The Balaban J connectivity index is 2.10. The fourth-order valence-electron chi connectivity index (χ4n) is 1.17. The van der Waals surface area contributed by atoms with E-state index in [4.69, 9.17) is 4.74 Å². The summed E-state index contributed by atoms with van der Waals surface area (Å²) < 4.78 is 6.42. The molecule has 0 fully saturated rings. The lowest BCUT2D eigenvalue weighted by Crippen LogP contribution is -2.30. The van der Waals surface area contributed by atoms with Crippen LogP contribution < -0.4 is 5.32 Å². The van der Waals surface area contributed by atoms with Crippen LogP contribution in [0.3, 0.4) is 0 Å². The van der Waals surface area contributed by atoms with Crippen molar-refractivity contribution in [3.63, 3.8) is 0 Å². The molecular formula is C11H18BrNO2S. The smallest absolute Gasteiger partial charge is 0.0897 e. The van der Waals surface area contributed by atoms with E-state index in [0.29, 0.717) is 13.2 Å². The Bertz CT molecular complexity index is 304. The van der Waals surface area contributed by atoms with Gasteiger partial charge < -0.3 is 15.2 Å². The van der Waals surface area contributed by atoms with Crippen molar-refractivity contribution in [1.29, 1.82) is 0 Å². The quantitative estimate of drug-likeness (QED) is 0.813. The van der Waals surface area contributed by atoms with Crippen LogP contribution in [0.25, 0.3) is 0 Å². The molecule has 0 radical (unpaired) electrons. The summed E-state index contributed by atoms with van der Waals surface area (Å²) in [5.74, 6) is 0. The van der Waals surface area contributed by atoms with Crippen LogP contribution >= 0.6 is 27.3 Å². The molecule has 1 aromatic heterocycles. The zero-order chi connectivity index (χ0) is 12.0. The number of rotatable bonds is 7. The molecule has 0 saturated carbocycles. The number of nitrogens with one attached hydrogen (secondary N) is 1. The van der Waals surface area contributed by atoms with Gasteiger partial charge in [-0.3, -0.25) is 0 Å². The summed E-state index contributed by atoms with van der Waals surface area (Å²) in [6.07, 6.45) is -0.270. The molecule has 1 heterocycles. The highest BCUT2D eigenvalue weighted by Gasteiger charge is 2.05. The van der Waals surface area contributed by atoms with Crippen LogP contribution in [0.15, 0.2) is 15.9 Å². The van der Waals surface area contributed by atoms with Crippen LogP contribution in [0.5, 0.6) is 0 Å². The molecule has 0 bridgehead atoms. The first-order chi connectivity index (χ1) is 7.58. The number of hydrogen-bond donors (Lipinski definition) is 2. The number of aliphatic hydroxyl groups is 1. The van der Waals surface area contributed by atoms with Crippen molar-refractivity contribution in [2.45, 2.75) is 32.6 Å². The standard InChI is InChI=1S/C11H18BrNO2S/c1-8(2)15-6-10(14)4-13-5-11-3-9(12)7-16-11/h3,7-8,10,13-14H,4-6H2,1-2H3. The Kier molecular flexibility index (Phi) is 6.53. The van der Waals surface area contributed by atoms with Gasteiger partial charge in [-0.1, -0.05) is 0 Å². The van der Waals surface area contributed by atoms with E-state index in [-0.39, 0.29) is 6.10 Å². The normalized spacial score (nSPS) is 13.3. The molecule has 0 aromatic carbocycles. The van der Waals surface area contributed by atoms with E-state index in [0.717, 1.165) is 11.0 Å².